The number of benzene rings is 1. The van der Waals surface area contributed by atoms with Crippen molar-refractivity contribution in [3.05, 3.63) is 58.9 Å². The highest BCUT2D eigenvalue weighted by atomic mass is 16.5. The zero-order chi connectivity index (χ0) is 18.5. The molecule has 3 rings (SSSR count). The number of hydrogen-bond acceptors (Lipinski definition) is 4. The van der Waals surface area contributed by atoms with E-state index in [0.29, 0.717) is 25.4 Å². The van der Waals surface area contributed by atoms with Crippen LogP contribution in [0.3, 0.4) is 0 Å². The minimum Gasteiger partial charge on any atom is -0.461 e. The lowest BCUT2D eigenvalue weighted by Crippen LogP contribution is -2.35. The summed E-state index contributed by atoms with van der Waals surface area (Å²) in [5.41, 5.74) is 4.40. The number of nitrogens with zero attached hydrogens (tertiary/aromatic N) is 2. The molecule has 1 saturated heterocycles. The van der Waals surface area contributed by atoms with Crippen molar-refractivity contribution in [3.8, 4) is 0 Å². The van der Waals surface area contributed by atoms with E-state index in [-0.39, 0.29) is 5.81 Å². The summed E-state index contributed by atoms with van der Waals surface area (Å²) in [7, 11) is 1.60. The van der Waals surface area contributed by atoms with Crippen LogP contribution in [0.2, 0.25) is 0 Å². The van der Waals surface area contributed by atoms with Gasteiger partial charge in [0.2, 0.25) is 7.85 Å². The molecule has 0 radical (unpaired) electrons. The van der Waals surface area contributed by atoms with E-state index >= 15 is 0 Å². The van der Waals surface area contributed by atoms with E-state index in [0.717, 1.165) is 29.7 Å². The van der Waals surface area contributed by atoms with Crippen LogP contribution in [0.15, 0.2) is 42.0 Å². The van der Waals surface area contributed by atoms with E-state index in [4.69, 9.17) is 4.74 Å². The van der Waals surface area contributed by atoms with Gasteiger partial charge in [0.05, 0.1) is 12.3 Å². The Kier molecular flexibility index (Phi) is 5.56. The van der Waals surface area contributed by atoms with Crippen molar-refractivity contribution in [1.82, 2.24) is 15.1 Å². The smallest absolute Gasteiger partial charge is 0.356 e. The molecule has 2 heterocycles. The minimum absolute atomic E-state index is 0.106. The molecule has 2 aromatic rings. The Morgan fingerprint density at radius 3 is 2.54 bits per heavy atom. The van der Waals surface area contributed by atoms with Gasteiger partial charge in [0.1, 0.15) is 5.69 Å². The number of esters is 1. The number of carbonyl (C=O) groups is 2. The number of carbonyl (C=O) groups excluding carboxylic acids is 2. The summed E-state index contributed by atoms with van der Waals surface area (Å²) in [6, 6.07) is 11.8. The molecule has 1 amide bonds. The number of likely N-dealkylation sites (tertiary alicyclic amines) is 1. The molecule has 6 nitrogen and oxygen atoms in total. The summed E-state index contributed by atoms with van der Waals surface area (Å²) in [6.07, 6.45) is 1.59. The predicted octanol–water partition coefficient (Wildman–Crippen LogP) is 2.24. The van der Waals surface area contributed by atoms with Gasteiger partial charge in [-0.05, 0) is 31.4 Å². The van der Waals surface area contributed by atoms with Crippen LogP contribution in [0.25, 0.3) is 5.57 Å². The van der Waals surface area contributed by atoms with Crippen molar-refractivity contribution in [2.24, 2.45) is 0 Å². The summed E-state index contributed by atoms with van der Waals surface area (Å²) in [4.78, 5) is 25.4. The molecule has 0 aliphatic carbocycles. The number of amides is 1. The topological polar surface area (TPSA) is 75.3 Å². The van der Waals surface area contributed by atoms with Crippen molar-refractivity contribution in [2.45, 2.75) is 19.8 Å². The zero-order valence-electron chi connectivity index (χ0n) is 15.1. The SMILES string of the molecule is BC(=O)N1CCC(=C(c2ccccc2)c2cc(C(=O)OCC)[nH]n2)CC1. The van der Waals surface area contributed by atoms with Gasteiger partial charge in [-0.1, -0.05) is 35.9 Å². The largest absolute Gasteiger partial charge is 0.461 e. The molecule has 0 unspecified atom stereocenters. The van der Waals surface area contributed by atoms with E-state index in [1.807, 2.05) is 35.2 Å². The van der Waals surface area contributed by atoms with Gasteiger partial charge in [-0.3, -0.25) is 9.89 Å². The zero-order valence-corrected chi connectivity index (χ0v) is 15.1. The molecule has 1 fully saturated rings. The Hall–Kier alpha value is -2.83. The first-order chi connectivity index (χ1) is 12.6. The summed E-state index contributed by atoms with van der Waals surface area (Å²) in [5.74, 6) is -0.301. The Balaban J connectivity index is 1.97. The van der Waals surface area contributed by atoms with Crippen molar-refractivity contribution in [2.75, 3.05) is 19.7 Å². The van der Waals surface area contributed by atoms with Crippen LogP contribution in [0.1, 0.15) is 41.5 Å². The highest BCUT2D eigenvalue weighted by Gasteiger charge is 2.22. The number of ether oxygens (including phenoxy) is 1. The number of nitrogens with one attached hydrogen (secondary N) is 1. The number of aromatic nitrogens is 2. The molecule has 1 N–H and O–H groups in total. The first-order valence-electron chi connectivity index (χ1n) is 8.86. The maximum absolute atomic E-state index is 12.0. The molecular formula is C19H22BN3O3. The number of rotatable bonds is 4. The summed E-state index contributed by atoms with van der Waals surface area (Å²) >= 11 is 0. The molecule has 1 aromatic heterocycles. The summed E-state index contributed by atoms with van der Waals surface area (Å²) < 4.78 is 5.04. The lowest BCUT2D eigenvalue weighted by molar-refractivity contribution is 0.0519. The van der Waals surface area contributed by atoms with Crippen LogP contribution in [0.4, 0.5) is 4.79 Å². The van der Waals surface area contributed by atoms with E-state index in [2.05, 4.69) is 10.2 Å². The van der Waals surface area contributed by atoms with Crippen LogP contribution >= 0.6 is 0 Å². The standard InChI is InChI=1S/C19H22BN3O3/c1-2-26-18(24)16-12-15(21-22-16)17(13-6-4-3-5-7-13)14-8-10-23(11-9-14)19(20)25/h3-7,12H,2,8-11,20H2,1H3,(H,21,22). The number of H-pyrrole nitrogens is 1. The number of piperidine rings is 1. The van der Waals surface area contributed by atoms with Gasteiger partial charge in [-0.15, -0.1) is 0 Å². The Labute approximate surface area is 153 Å². The second kappa shape index (κ2) is 8.04. The van der Waals surface area contributed by atoms with Crippen LogP contribution in [-0.2, 0) is 4.74 Å². The van der Waals surface area contributed by atoms with Gasteiger partial charge >= 0.3 is 5.97 Å². The number of aromatic amines is 1. The van der Waals surface area contributed by atoms with Crippen LogP contribution < -0.4 is 0 Å². The highest BCUT2D eigenvalue weighted by Crippen LogP contribution is 2.31. The molecule has 7 heteroatoms. The maximum Gasteiger partial charge on any atom is 0.356 e. The van der Waals surface area contributed by atoms with E-state index in [9.17, 15) is 9.59 Å². The van der Waals surface area contributed by atoms with Crippen molar-refractivity contribution < 1.29 is 14.3 Å². The minimum atomic E-state index is -0.407. The van der Waals surface area contributed by atoms with Gasteiger partial charge in [-0.25, -0.2) is 4.79 Å². The Morgan fingerprint density at radius 2 is 1.92 bits per heavy atom. The van der Waals surface area contributed by atoms with Gasteiger partial charge < -0.3 is 9.64 Å². The Morgan fingerprint density at radius 1 is 1.23 bits per heavy atom. The third kappa shape index (κ3) is 3.87. The van der Waals surface area contributed by atoms with Gasteiger partial charge in [0.15, 0.2) is 5.81 Å². The first-order valence-corrected chi connectivity index (χ1v) is 8.86. The first kappa shape index (κ1) is 18.0. The summed E-state index contributed by atoms with van der Waals surface area (Å²) in [5, 5.41) is 7.14. The maximum atomic E-state index is 12.0. The molecule has 1 aliphatic rings. The van der Waals surface area contributed by atoms with Crippen molar-refractivity contribution in [3.63, 3.8) is 0 Å². The lowest BCUT2D eigenvalue weighted by atomic mass is 9.90. The molecule has 1 aliphatic heterocycles. The molecular weight excluding hydrogens is 329 g/mol. The molecule has 0 bridgehead atoms. The second-order valence-electron chi connectivity index (χ2n) is 6.24. The monoisotopic (exact) mass is 351 g/mol. The average molecular weight is 351 g/mol. The second-order valence-corrected chi connectivity index (χ2v) is 6.24. The lowest BCUT2D eigenvalue weighted by Gasteiger charge is -2.29. The van der Waals surface area contributed by atoms with Crippen LogP contribution in [0.5, 0.6) is 0 Å². The van der Waals surface area contributed by atoms with Gasteiger partial charge in [-0.2, -0.15) is 5.10 Å². The quantitative estimate of drug-likeness (QED) is 0.677. The van der Waals surface area contributed by atoms with E-state index in [1.165, 1.54) is 5.57 Å². The van der Waals surface area contributed by atoms with Crippen LogP contribution in [-0.4, -0.2) is 54.4 Å². The molecule has 1 aromatic carbocycles. The van der Waals surface area contributed by atoms with Gasteiger partial charge in [0.25, 0.3) is 0 Å². The fraction of sp³-hybridized carbons (Fsp3) is 0.316. The van der Waals surface area contributed by atoms with Gasteiger partial charge in [0, 0.05) is 18.7 Å². The fourth-order valence-electron chi connectivity index (χ4n) is 3.24. The fourth-order valence-corrected chi connectivity index (χ4v) is 3.24. The molecule has 0 spiro atoms. The van der Waals surface area contributed by atoms with E-state index < -0.39 is 5.97 Å². The molecule has 26 heavy (non-hydrogen) atoms. The third-order valence-electron chi connectivity index (χ3n) is 4.56. The molecule has 0 saturated carbocycles. The average Bonchev–Trinajstić information content (AvgIpc) is 3.13. The normalized spacial score (nSPS) is 14.2. The highest BCUT2D eigenvalue weighted by molar-refractivity contribution is 6.56. The van der Waals surface area contributed by atoms with Crippen LogP contribution in [0, 0.1) is 0 Å². The third-order valence-corrected chi connectivity index (χ3v) is 4.56. The summed E-state index contributed by atoms with van der Waals surface area (Å²) in [6.45, 7) is 3.50. The Bertz CT molecular complexity index is 820. The van der Waals surface area contributed by atoms with Crippen molar-refractivity contribution in [1.29, 1.82) is 0 Å². The van der Waals surface area contributed by atoms with E-state index in [1.54, 1.807) is 20.8 Å². The molecule has 0 atom stereocenters. The predicted molar refractivity (Wildman–Crippen MR) is 102 cm³/mol. The molecule has 134 valence electrons. The number of hydrogen-bond donors (Lipinski definition) is 1. The van der Waals surface area contributed by atoms with Crippen molar-refractivity contribution >= 4 is 25.2 Å².